The van der Waals surface area contributed by atoms with Crippen molar-refractivity contribution in [1.82, 2.24) is 14.7 Å². The van der Waals surface area contributed by atoms with Gasteiger partial charge in [0.1, 0.15) is 5.82 Å². The predicted molar refractivity (Wildman–Crippen MR) is 92.9 cm³/mol. The van der Waals surface area contributed by atoms with Crippen molar-refractivity contribution in [2.24, 2.45) is 12.8 Å². The number of amides is 3. The summed E-state index contributed by atoms with van der Waals surface area (Å²) in [5.41, 5.74) is 7.94. The molecule has 1 fully saturated rings. The SMILES string of the molecule is Cc1c(-c2ccccc2)nn(C)c1NC(=O)N1CCO[C@@H](C(N)=O)C1. The standard InChI is InChI=1S/C17H21N5O3/c1-11-14(12-6-4-3-5-7-12)20-21(2)16(11)19-17(24)22-8-9-25-13(10-22)15(18)23/h3-7,13H,8-10H2,1-2H3,(H2,18,23)(H,19,24)/t13-/m1/s1. The summed E-state index contributed by atoms with van der Waals surface area (Å²) in [5, 5.41) is 7.38. The molecule has 3 rings (SSSR count). The second-order valence-corrected chi connectivity index (χ2v) is 5.95. The quantitative estimate of drug-likeness (QED) is 0.871. The fraction of sp³-hybridized carbons (Fsp3) is 0.353. The van der Waals surface area contributed by atoms with Crippen LogP contribution in [0.4, 0.5) is 10.6 Å². The molecule has 25 heavy (non-hydrogen) atoms. The molecule has 2 aromatic rings. The Labute approximate surface area is 145 Å². The van der Waals surface area contributed by atoms with Gasteiger partial charge in [-0.15, -0.1) is 0 Å². The zero-order valence-corrected chi connectivity index (χ0v) is 14.2. The second kappa shape index (κ2) is 6.94. The Morgan fingerprint density at radius 2 is 2.04 bits per heavy atom. The first kappa shape index (κ1) is 17.0. The normalized spacial score (nSPS) is 17.4. The Balaban J connectivity index is 1.78. The summed E-state index contributed by atoms with van der Waals surface area (Å²) < 4.78 is 6.91. The summed E-state index contributed by atoms with van der Waals surface area (Å²) in [7, 11) is 1.78. The van der Waals surface area contributed by atoms with Gasteiger partial charge in [-0.2, -0.15) is 5.10 Å². The van der Waals surface area contributed by atoms with Crippen LogP contribution in [0.5, 0.6) is 0 Å². The number of aromatic nitrogens is 2. The molecule has 0 unspecified atom stereocenters. The van der Waals surface area contributed by atoms with Gasteiger partial charge < -0.3 is 15.4 Å². The molecule has 0 aliphatic carbocycles. The number of anilines is 1. The van der Waals surface area contributed by atoms with Crippen molar-refractivity contribution in [3.63, 3.8) is 0 Å². The third-order valence-electron chi connectivity index (χ3n) is 4.23. The molecule has 1 aromatic heterocycles. The van der Waals surface area contributed by atoms with Crippen LogP contribution in [0.25, 0.3) is 11.3 Å². The van der Waals surface area contributed by atoms with E-state index in [1.807, 2.05) is 37.3 Å². The number of hydrogen-bond donors (Lipinski definition) is 2. The summed E-state index contributed by atoms with van der Waals surface area (Å²) in [6.45, 7) is 2.73. The largest absolute Gasteiger partial charge is 0.367 e. The Morgan fingerprint density at radius 3 is 2.72 bits per heavy atom. The average molecular weight is 343 g/mol. The first-order chi connectivity index (χ1) is 12.0. The number of nitrogens with one attached hydrogen (secondary N) is 1. The number of primary amides is 1. The Bertz CT molecular complexity index is 787. The predicted octanol–water partition coefficient (Wildman–Crippen LogP) is 1.11. The molecule has 0 radical (unpaired) electrons. The van der Waals surface area contributed by atoms with Gasteiger partial charge in [-0.25, -0.2) is 4.79 Å². The van der Waals surface area contributed by atoms with E-state index in [1.54, 1.807) is 11.7 Å². The number of ether oxygens (including phenoxy) is 1. The third kappa shape index (κ3) is 3.48. The smallest absolute Gasteiger partial charge is 0.323 e. The molecule has 0 spiro atoms. The molecule has 0 bridgehead atoms. The van der Waals surface area contributed by atoms with Crippen molar-refractivity contribution in [3.05, 3.63) is 35.9 Å². The van der Waals surface area contributed by atoms with Crippen molar-refractivity contribution in [2.75, 3.05) is 25.0 Å². The minimum Gasteiger partial charge on any atom is -0.367 e. The summed E-state index contributed by atoms with van der Waals surface area (Å²) >= 11 is 0. The summed E-state index contributed by atoms with van der Waals surface area (Å²) in [6.07, 6.45) is -0.771. The fourth-order valence-corrected chi connectivity index (χ4v) is 2.86. The molecule has 3 N–H and O–H groups in total. The lowest BCUT2D eigenvalue weighted by Gasteiger charge is -2.31. The van der Waals surface area contributed by atoms with Crippen molar-refractivity contribution in [2.45, 2.75) is 13.0 Å². The Hall–Kier alpha value is -2.87. The van der Waals surface area contributed by atoms with E-state index in [1.165, 1.54) is 4.90 Å². The number of aryl methyl sites for hydroxylation is 1. The second-order valence-electron chi connectivity index (χ2n) is 5.95. The van der Waals surface area contributed by atoms with E-state index >= 15 is 0 Å². The molecule has 8 heteroatoms. The molecule has 1 aliphatic rings. The van der Waals surface area contributed by atoms with Crippen molar-refractivity contribution < 1.29 is 14.3 Å². The highest BCUT2D eigenvalue weighted by atomic mass is 16.5. The molecule has 1 atom stereocenters. The lowest BCUT2D eigenvalue weighted by Crippen LogP contribution is -2.51. The minimum absolute atomic E-state index is 0.142. The Morgan fingerprint density at radius 1 is 1.32 bits per heavy atom. The molecule has 1 aromatic carbocycles. The molecule has 3 amide bonds. The molecular formula is C17H21N5O3. The number of morpholine rings is 1. The van der Waals surface area contributed by atoms with E-state index in [9.17, 15) is 9.59 Å². The monoisotopic (exact) mass is 343 g/mol. The summed E-state index contributed by atoms with van der Waals surface area (Å²) in [4.78, 5) is 25.3. The van der Waals surface area contributed by atoms with Crippen molar-refractivity contribution in [3.8, 4) is 11.3 Å². The van der Waals surface area contributed by atoms with Crippen LogP contribution in [0.3, 0.4) is 0 Å². The lowest BCUT2D eigenvalue weighted by molar-refractivity contribution is -0.133. The van der Waals surface area contributed by atoms with E-state index < -0.39 is 12.0 Å². The highest BCUT2D eigenvalue weighted by Crippen LogP contribution is 2.27. The van der Waals surface area contributed by atoms with Gasteiger partial charge in [-0.05, 0) is 6.92 Å². The topological polar surface area (TPSA) is 102 Å². The maximum atomic E-state index is 12.6. The van der Waals surface area contributed by atoms with E-state index in [-0.39, 0.29) is 19.2 Å². The molecule has 2 heterocycles. The van der Waals surface area contributed by atoms with Gasteiger partial charge in [0.2, 0.25) is 5.91 Å². The summed E-state index contributed by atoms with van der Waals surface area (Å²) in [5.74, 6) is 0.0477. The highest BCUT2D eigenvalue weighted by molar-refractivity contribution is 5.91. The zero-order chi connectivity index (χ0) is 18.0. The molecule has 8 nitrogen and oxygen atoms in total. The van der Waals surface area contributed by atoms with E-state index in [0.717, 1.165) is 16.8 Å². The number of nitrogens with zero attached hydrogens (tertiary/aromatic N) is 3. The fourth-order valence-electron chi connectivity index (χ4n) is 2.86. The number of rotatable bonds is 3. The van der Waals surface area contributed by atoms with Gasteiger partial charge in [0, 0.05) is 24.7 Å². The van der Waals surface area contributed by atoms with Crippen molar-refractivity contribution >= 4 is 17.8 Å². The minimum atomic E-state index is -0.771. The van der Waals surface area contributed by atoms with Crippen LogP contribution in [-0.4, -0.2) is 52.4 Å². The van der Waals surface area contributed by atoms with Gasteiger partial charge in [-0.1, -0.05) is 30.3 Å². The van der Waals surface area contributed by atoms with Gasteiger partial charge in [0.25, 0.3) is 0 Å². The van der Waals surface area contributed by atoms with Gasteiger partial charge in [0.15, 0.2) is 6.10 Å². The van der Waals surface area contributed by atoms with Crippen LogP contribution in [0.1, 0.15) is 5.56 Å². The van der Waals surface area contributed by atoms with Crippen LogP contribution >= 0.6 is 0 Å². The number of benzene rings is 1. The number of carbonyl (C=O) groups excluding carboxylic acids is 2. The van der Waals surface area contributed by atoms with E-state index in [2.05, 4.69) is 10.4 Å². The first-order valence-electron chi connectivity index (χ1n) is 8.03. The lowest BCUT2D eigenvalue weighted by atomic mass is 10.1. The molecule has 132 valence electrons. The maximum absolute atomic E-state index is 12.6. The zero-order valence-electron chi connectivity index (χ0n) is 14.2. The molecule has 0 saturated carbocycles. The molecule has 1 aliphatic heterocycles. The van der Waals surface area contributed by atoms with Crippen LogP contribution in [0.2, 0.25) is 0 Å². The van der Waals surface area contributed by atoms with Crippen LogP contribution in [0.15, 0.2) is 30.3 Å². The Kier molecular flexibility index (Phi) is 4.71. The van der Waals surface area contributed by atoms with Crippen molar-refractivity contribution in [1.29, 1.82) is 0 Å². The van der Waals surface area contributed by atoms with Gasteiger partial charge in [-0.3, -0.25) is 14.8 Å². The average Bonchev–Trinajstić information content (AvgIpc) is 2.90. The van der Waals surface area contributed by atoms with Crippen LogP contribution in [0, 0.1) is 6.92 Å². The van der Waals surface area contributed by atoms with E-state index in [0.29, 0.717) is 12.4 Å². The molecular weight excluding hydrogens is 322 g/mol. The van der Waals surface area contributed by atoms with E-state index in [4.69, 9.17) is 10.5 Å². The highest BCUT2D eigenvalue weighted by Gasteiger charge is 2.28. The number of carbonyl (C=O) groups is 2. The van der Waals surface area contributed by atoms with Crippen LogP contribution < -0.4 is 11.1 Å². The first-order valence-corrected chi connectivity index (χ1v) is 8.03. The van der Waals surface area contributed by atoms with Gasteiger partial charge >= 0.3 is 6.03 Å². The summed E-state index contributed by atoms with van der Waals surface area (Å²) in [6, 6.07) is 9.47. The number of hydrogen-bond acceptors (Lipinski definition) is 4. The molecule has 1 saturated heterocycles. The number of urea groups is 1. The number of nitrogens with two attached hydrogens (primary N) is 1. The van der Waals surface area contributed by atoms with Gasteiger partial charge in [0.05, 0.1) is 18.8 Å². The maximum Gasteiger partial charge on any atom is 0.323 e. The third-order valence-corrected chi connectivity index (χ3v) is 4.23. The van der Waals surface area contributed by atoms with Crippen LogP contribution in [-0.2, 0) is 16.6 Å².